The lowest BCUT2D eigenvalue weighted by atomic mass is 10.2. The fraction of sp³-hybridized carbons (Fsp3) is 0.500. The average molecular weight is 341 g/mol. The van der Waals surface area contributed by atoms with Crippen LogP contribution in [-0.2, 0) is 9.53 Å². The number of fused-ring (bicyclic) bond motifs is 2. The first-order valence-corrected chi connectivity index (χ1v) is 7.55. The Balaban J connectivity index is 2.01. The Kier molecular flexibility index (Phi) is 3.51. The minimum atomic E-state index is -1.15. The van der Waals surface area contributed by atoms with Crippen molar-refractivity contribution < 1.29 is 19.4 Å². The van der Waals surface area contributed by atoms with Gasteiger partial charge in [0.1, 0.15) is 22.2 Å². The smallest absolute Gasteiger partial charge is 0.430 e. The molecule has 23 heavy (non-hydrogen) atoms. The van der Waals surface area contributed by atoms with E-state index in [1.165, 1.54) is 10.0 Å². The third-order valence-electron chi connectivity index (χ3n) is 3.50. The summed E-state index contributed by atoms with van der Waals surface area (Å²) in [6.45, 7) is 5.75. The first-order valence-electron chi connectivity index (χ1n) is 7.17. The van der Waals surface area contributed by atoms with Gasteiger partial charge in [-0.05, 0) is 27.2 Å². The van der Waals surface area contributed by atoms with Crippen LogP contribution >= 0.6 is 11.6 Å². The molecule has 8 nitrogen and oxygen atoms in total. The summed E-state index contributed by atoms with van der Waals surface area (Å²) < 4.78 is 5.37. The van der Waals surface area contributed by atoms with Crippen LogP contribution in [0.5, 0.6) is 0 Å². The molecular weight excluding hydrogens is 324 g/mol. The number of aliphatic imine (C=N–C) groups is 1. The lowest BCUT2D eigenvalue weighted by molar-refractivity contribution is -0.132. The van der Waals surface area contributed by atoms with E-state index in [0.717, 1.165) is 5.57 Å². The first-order chi connectivity index (χ1) is 10.7. The summed E-state index contributed by atoms with van der Waals surface area (Å²) in [5.41, 5.74) is 0.0603. The molecule has 0 radical (unpaired) electrons. The van der Waals surface area contributed by atoms with Gasteiger partial charge in [0.2, 0.25) is 0 Å². The van der Waals surface area contributed by atoms with Crippen LogP contribution in [0.1, 0.15) is 27.2 Å². The van der Waals surface area contributed by atoms with Crippen LogP contribution in [0.2, 0.25) is 0 Å². The lowest BCUT2D eigenvalue weighted by Gasteiger charge is -2.34. The molecule has 0 fully saturated rings. The molecule has 3 heterocycles. The Morgan fingerprint density at radius 2 is 2.09 bits per heavy atom. The molecule has 0 aliphatic carbocycles. The van der Waals surface area contributed by atoms with E-state index in [9.17, 15) is 14.7 Å². The van der Waals surface area contributed by atoms with Crippen LogP contribution in [0, 0.1) is 0 Å². The van der Waals surface area contributed by atoms with Crippen LogP contribution in [-0.4, -0.2) is 51.0 Å². The molecule has 0 saturated carbocycles. The molecule has 0 aromatic heterocycles. The summed E-state index contributed by atoms with van der Waals surface area (Å²) in [5, 5.41) is 15.5. The van der Waals surface area contributed by atoms with E-state index >= 15 is 0 Å². The Hall–Kier alpha value is -2.22. The topological polar surface area (TPSA) is 94.5 Å². The molecule has 0 unspecified atom stereocenters. The van der Waals surface area contributed by atoms with E-state index < -0.39 is 17.7 Å². The maximum atomic E-state index is 12.5. The maximum absolute atomic E-state index is 12.5. The highest BCUT2D eigenvalue weighted by molar-refractivity contribution is 6.70. The van der Waals surface area contributed by atoms with E-state index in [0.29, 0.717) is 18.8 Å². The van der Waals surface area contributed by atoms with E-state index in [-0.39, 0.29) is 23.1 Å². The zero-order valence-electron chi connectivity index (χ0n) is 13.0. The SMILES string of the molecule is CC(C)(C)OC(=O)N1CC(C(=O)O)=C2N=C(Cl)C3=C(NCC3)N21. The van der Waals surface area contributed by atoms with E-state index in [2.05, 4.69) is 10.3 Å². The number of rotatable bonds is 1. The van der Waals surface area contributed by atoms with Crippen LogP contribution in [0.25, 0.3) is 0 Å². The fourth-order valence-corrected chi connectivity index (χ4v) is 2.86. The normalized spacial score (nSPS) is 20.3. The largest absolute Gasteiger partial charge is 0.478 e. The molecule has 2 N–H and O–H groups in total. The van der Waals surface area contributed by atoms with Gasteiger partial charge in [0.15, 0.2) is 5.82 Å². The van der Waals surface area contributed by atoms with E-state index in [1.807, 2.05) is 0 Å². The summed E-state index contributed by atoms with van der Waals surface area (Å²) in [4.78, 5) is 28.1. The minimum absolute atomic E-state index is 0.00532. The van der Waals surface area contributed by atoms with Gasteiger partial charge in [-0.25, -0.2) is 24.6 Å². The van der Waals surface area contributed by atoms with Crippen molar-refractivity contribution >= 4 is 28.8 Å². The van der Waals surface area contributed by atoms with Crippen molar-refractivity contribution in [1.29, 1.82) is 0 Å². The number of ether oxygens (including phenoxy) is 1. The number of aliphatic carboxylic acids is 1. The third-order valence-corrected chi connectivity index (χ3v) is 3.81. The number of hydrazine groups is 1. The number of carbonyl (C=O) groups is 2. The van der Waals surface area contributed by atoms with Crippen LogP contribution in [0.3, 0.4) is 0 Å². The molecule has 0 aromatic rings. The predicted octanol–water partition coefficient (Wildman–Crippen LogP) is 1.61. The Morgan fingerprint density at radius 1 is 1.39 bits per heavy atom. The Labute approximate surface area is 138 Å². The second kappa shape index (κ2) is 5.16. The minimum Gasteiger partial charge on any atom is -0.478 e. The maximum Gasteiger partial charge on any atom is 0.430 e. The standard InChI is InChI=1S/C14H17ClN4O4/c1-14(2,3)23-13(22)18-6-8(12(20)21)11-17-9(15)7-4-5-16-10(7)19(11)18/h16H,4-6H2,1-3H3,(H,20,21). The van der Waals surface area contributed by atoms with Crippen molar-refractivity contribution in [2.24, 2.45) is 4.99 Å². The number of hydrogen-bond donors (Lipinski definition) is 2. The number of carboxylic acid groups (broad SMARTS) is 1. The highest BCUT2D eigenvalue weighted by Crippen LogP contribution is 2.37. The van der Waals surface area contributed by atoms with Crippen molar-refractivity contribution in [3.05, 3.63) is 22.8 Å². The number of nitrogens with one attached hydrogen (secondary N) is 1. The molecule has 0 bridgehead atoms. The van der Waals surface area contributed by atoms with Crippen LogP contribution in [0.15, 0.2) is 27.8 Å². The van der Waals surface area contributed by atoms with Gasteiger partial charge in [-0.3, -0.25) is 0 Å². The highest BCUT2D eigenvalue weighted by Gasteiger charge is 2.44. The van der Waals surface area contributed by atoms with Gasteiger partial charge in [0.05, 0.1) is 6.54 Å². The van der Waals surface area contributed by atoms with E-state index in [1.54, 1.807) is 20.8 Å². The second-order valence-corrected chi connectivity index (χ2v) is 6.72. The van der Waals surface area contributed by atoms with Crippen LogP contribution < -0.4 is 5.32 Å². The molecular formula is C14H17ClN4O4. The molecule has 1 amide bonds. The van der Waals surface area contributed by atoms with Crippen molar-refractivity contribution in [1.82, 2.24) is 15.3 Å². The quantitative estimate of drug-likeness (QED) is 0.753. The molecule has 0 spiro atoms. The molecule has 9 heteroatoms. The molecule has 3 aliphatic rings. The second-order valence-electron chi connectivity index (χ2n) is 6.36. The molecule has 3 rings (SSSR count). The first kappa shape index (κ1) is 15.7. The molecule has 0 aromatic carbocycles. The van der Waals surface area contributed by atoms with Crippen molar-refractivity contribution in [3.8, 4) is 0 Å². The van der Waals surface area contributed by atoms with Crippen molar-refractivity contribution in [2.75, 3.05) is 13.1 Å². The summed E-state index contributed by atoms with van der Waals surface area (Å²) >= 11 is 6.15. The number of hydrogen-bond acceptors (Lipinski definition) is 6. The summed E-state index contributed by atoms with van der Waals surface area (Å²) in [6, 6.07) is 0. The fourth-order valence-electron chi connectivity index (χ4n) is 2.59. The molecule has 3 aliphatic heterocycles. The summed E-state index contributed by atoms with van der Waals surface area (Å²) in [6.07, 6.45) is 0.0199. The Bertz CT molecular complexity index is 689. The monoisotopic (exact) mass is 340 g/mol. The van der Waals surface area contributed by atoms with Gasteiger partial charge < -0.3 is 15.2 Å². The lowest BCUT2D eigenvalue weighted by Crippen LogP contribution is -2.47. The molecule has 0 atom stereocenters. The molecule has 124 valence electrons. The average Bonchev–Trinajstić information content (AvgIpc) is 2.99. The van der Waals surface area contributed by atoms with Gasteiger partial charge in [0, 0.05) is 12.1 Å². The number of carboxylic acids is 1. The highest BCUT2D eigenvalue weighted by atomic mass is 35.5. The summed E-state index contributed by atoms with van der Waals surface area (Å²) in [5.74, 6) is -0.421. The van der Waals surface area contributed by atoms with Crippen molar-refractivity contribution in [3.63, 3.8) is 0 Å². The van der Waals surface area contributed by atoms with Gasteiger partial charge in [-0.2, -0.15) is 0 Å². The summed E-state index contributed by atoms with van der Waals surface area (Å²) in [7, 11) is 0. The van der Waals surface area contributed by atoms with Crippen molar-refractivity contribution in [2.45, 2.75) is 32.8 Å². The zero-order chi connectivity index (χ0) is 16.9. The predicted molar refractivity (Wildman–Crippen MR) is 82.4 cm³/mol. The zero-order valence-corrected chi connectivity index (χ0v) is 13.8. The molecule has 0 saturated heterocycles. The number of nitrogens with zero attached hydrogens (tertiary/aromatic N) is 3. The number of amides is 1. The number of halogens is 1. The van der Waals surface area contributed by atoms with Gasteiger partial charge in [-0.1, -0.05) is 11.6 Å². The third kappa shape index (κ3) is 2.63. The van der Waals surface area contributed by atoms with Gasteiger partial charge in [-0.15, -0.1) is 0 Å². The number of carbonyl (C=O) groups excluding carboxylic acids is 1. The van der Waals surface area contributed by atoms with E-state index in [4.69, 9.17) is 16.3 Å². The Morgan fingerprint density at radius 3 is 2.70 bits per heavy atom. The van der Waals surface area contributed by atoms with Crippen LogP contribution in [0.4, 0.5) is 4.79 Å². The van der Waals surface area contributed by atoms with Gasteiger partial charge in [0.25, 0.3) is 0 Å². The van der Waals surface area contributed by atoms with Gasteiger partial charge >= 0.3 is 12.1 Å².